The Morgan fingerprint density at radius 3 is 2.68 bits per heavy atom. The summed E-state index contributed by atoms with van der Waals surface area (Å²) in [7, 11) is 1.47. The first kappa shape index (κ1) is 23.7. The first-order chi connectivity index (χ1) is 16.1. The molecule has 1 N–H and O–H groups in total. The number of pyridine rings is 2. The Balaban J connectivity index is 2.01. The molecule has 1 unspecified atom stereocenters. The van der Waals surface area contributed by atoms with E-state index in [1.807, 2.05) is 20.8 Å². The highest BCUT2D eigenvalue weighted by atomic mass is 35.5. The molecule has 0 spiro atoms. The van der Waals surface area contributed by atoms with E-state index >= 15 is 0 Å². The third kappa shape index (κ3) is 4.00. The summed E-state index contributed by atoms with van der Waals surface area (Å²) in [4.78, 5) is 40.9. The van der Waals surface area contributed by atoms with Crippen LogP contribution in [0.25, 0.3) is 16.7 Å². The fraction of sp³-hybridized carbons (Fsp3) is 0.409. The number of ether oxygens (including phenoxy) is 1. The molecule has 12 heteroatoms. The van der Waals surface area contributed by atoms with E-state index < -0.39 is 22.8 Å². The molecular formula is C22H24ClFN6O4. The summed E-state index contributed by atoms with van der Waals surface area (Å²) in [6.07, 6.45) is 0.556. The molecule has 0 bridgehead atoms. The molecule has 34 heavy (non-hydrogen) atoms. The van der Waals surface area contributed by atoms with Crippen LogP contribution in [0.15, 0.2) is 23.1 Å². The normalized spacial score (nSPS) is 16.4. The summed E-state index contributed by atoms with van der Waals surface area (Å²) in [5, 5.41) is 9.19. The van der Waals surface area contributed by atoms with Crippen molar-refractivity contribution in [1.82, 2.24) is 24.4 Å². The topological polar surface area (TPSA) is 114 Å². The molecule has 0 aliphatic carbocycles. The number of nitrogens with zero attached hydrogens (tertiary/aromatic N) is 6. The Morgan fingerprint density at radius 2 is 2.06 bits per heavy atom. The number of carbonyl (C=O) groups is 1. The minimum absolute atomic E-state index is 0.0771. The lowest BCUT2D eigenvalue weighted by Crippen LogP contribution is -2.54. The summed E-state index contributed by atoms with van der Waals surface area (Å²) < 4.78 is 21.3. The van der Waals surface area contributed by atoms with Gasteiger partial charge in [-0.15, -0.1) is 0 Å². The fourth-order valence-electron chi connectivity index (χ4n) is 4.21. The van der Waals surface area contributed by atoms with Gasteiger partial charge >= 0.3 is 11.8 Å². The van der Waals surface area contributed by atoms with Crippen molar-refractivity contribution in [2.45, 2.75) is 32.7 Å². The van der Waals surface area contributed by atoms with E-state index in [4.69, 9.17) is 16.3 Å². The number of piperazine rings is 1. The summed E-state index contributed by atoms with van der Waals surface area (Å²) >= 11 is 6.04. The van der Waals surface area contributed by atoms with E-state index in [1.54, 1.807) is 17.2 Å². The average Bonchev–Trinajstić information content (AvgIpc) is 2.79. The van der Waals surface area contributed by atoms with Crippen molar-refractivity contribution in [3.63, 3.8) is 0 Å². The number of carboxylic acid groups (broad SMARTS) is 1. The average molecular weight is 491 g/mol. The summed E-state index contributed by atoms with van der Waals surface area (Å²) in [5.41, 5.74) is 0.358. The lowest BCUT2D eigenvalue weighted by Gasteiger charge is -2.39. The number of halogens is 2. The maximum atomic E-state index is 14.6. The SMILES string of the molecule is COc1ccnc(C(C)C)c1-n1c(=O)nc(N2CCN(C(=O)O)CC2C)c2cc(F)c(Cl)nc21. The number of amides is 1. The van der Waals surface area contributed by atoms with Crippen molar-refractivity contribution >= 4 is 34.5 Å². The largest absolute Gasteiger partial charge is 0.494 e. The van der Waals surface area contributed by atoms with Gasteiger partial charge in [0.2, 0.25) is 0 Å². The van der Waals surface area contributed by atoms with Gasteiger partial charge in [0.05, 0.1) is 18.2 Å². The lowest BCUT2D eigenvalue weighted by atomic mass is 10.1. The van der Waals surface area contributed by atoms with Gasteiger partial charge in [0.1, 0.15) is 17.3 Å². The maximum Gasteiger partial charge on any atom is 0.407 e. The highest BCUT2D eigenvalue weighted by molar-refractivity contribution is 6.30. The van der Waals surface area contributed by atoms with Gasteiger partial charge in [-0.05, 0) is 18.9 Å². The molecule has 4 heterocycles. The van der Waals surface area contributed by atoms with Gasteiger partial charge in [0.25, 0.3) is 0 Å². The second-order valence-corrected chi connectivity index (χ2v) is 8.72. The lowest BCUT2D eigenvalue weighted by molar-refractivity contribution is 0.136. The van der Waals surface area contributed by atoms with Crippen LogP contribution < -0.4 is 15.3 Å². The Bertz CT molecular complexity index is 1330. The molecule has 180 valence electrons. The summed E-state index contributed by atoms with van der Waals surface area (Å²) in [6, 6.07) is 2.50. The molecular weight excluding hydrogens is 467 g/mol. The molecule has 0 saturated carbocycles. The molecule has 3 aromatic heterocycles. The van der Waals surface area contributed by atoms with Gasteiger partial charge in [0, 0.05) is 37.9 Å². The summed E-state index contributed by atoms with van der Waals surface area (Å²) in [5.74, 6) is -0.249. The van der Waals surface area contributed by atoms with Gasteiger partial charge in [-0.25, -0.2) is 23.5 Å². The van der Waals surface area contributed by atoms with Crippen LogP contribution in [-0.4, -0.2) is 68.4 Å². The van der Waals surface area contributed by atoms with E-state index in [0.717, 1.165) is 0 Å². The van der Waals surface area contributed by atoms with Crippen LogP contribution in [0.1, 0.15) is 32.4 Å². The van der Waals surface area contributed by atoms with Crippen molar-refractivity contribution in [1.29, 1.82) is 0 Å². The first-order valence-electron chi connectivity index (χ1n) is 10.7. The molecule has 1 saturated heterocycles. The molecule has 1 amide bonds. The molecule has 4 rings (SSSR count). The Hall–Kier alpha value is -3.47. The predicted octanol–water partition coefficient (Wildman–Crippen LogP) is 3.29. The zero-order chi connectivity index (χ0) is 24.7. The van der Waals surface area contributed by atoms with Gasteiger partial charge in [-0.2, -0.15) is 4.98 Å². The monoisotopic (exact) mass is 490 g/mol. The van der Waals surface area contributed by atoms with Crippen molar-refractivity contribution in [3.8, 4) is 11.4 Å². The molecule has 10 nitrogen and oxygen atoms in total. The highest BCUT2D eigenvalue weighted by Gasteiger charge is 2.31. The van der Waals surface area contributed by atoms with E-state index in [1.165, 1.54) is 22.6 Å². The smallest absolute Gasteiger partial charge is 0.407 e. The predicted molar refractivity (Wildman–Crippen MR) is 125 cm³/mol. The summed E-state index contributed by atoms with van der Waals surface area (Å²) in [6.45, 7) is 6.35. The minimum atomic E-state index is -1.02. The maximum absolute atomic E-state index is 14.6. The fourth-order valence-corrected chi connectivity index (χ4v) is 4.35. The number of hydrogen-bond donors (Lipinski definition) is 1. The second kappa shape index (κ2) is 9.05. The minimum Gasteiger partial charge on any atom is -0.494 e. The molecule has 0 radical (unpaired) electrons. The standard InChI is InChI=1S/C22H24ClFN6O4/c1-11(2)16-17(15(34-4)5-6-25-16)30-20-13(9-14(24)18(23)26-20)19(27-21(30)31)29-8-7-28(22(32)33)10-12(29)3/h5-6,9,11-12H,7-8,10H2,1-4H3,(H,32,33). The van der Waals surface area contributed by atoms with Crippen molar-refractivity contribution < 1.29 is 19.0 Å². The van der Waals surface area contributed by atoms with E-state index in [0.29, 0.717) is 17.1 Å². The number of hydrogen-bond acceptors (Lipinski definition) is 7. The number of rotatable bonds is 4. The number of anilines is 1. The number of fused-ring (bicyclic) bond motifs is 1. The molecule has 0 aromatic carbocycles. The van der Waals surface area contributed by atoms with Gasteiger partial charge in [0.15, 0.2) is 16.6 Å². The molecule has 1 atom stereocenters. The Morgan fingerprint density at radius 1 is 1.32 bits per heavy atom. The zero-order valence-electron chi connectivity index (χ0n) is 19.1. The zero-order valence-corrected chi connectivity index (χ0v) is 19.9. The Kier molecular flexibility index (Phi) is 6.30. The van der Waals surface area contributed by atoms with Crippen molar-refractivity contribution in [3.05, 3.63) is 45.5 Å². The number of methoxy groups -OCH3 is 1. The van der Waals surface area contributed by atoms with Crippen molar-refractivity contribution in [2.24, 2.45) is 0 Å². The number of aromatic nitrogens is 4. The van der Waals surface area contributed by atoms with Gasteiger partial charge in [-0.1, -0.05) is 25.4 Å². The van der Waals surface area contributed by atoms with Gasteiger partial charge in [-0.3, -0.25) is 4.98 Å². The third-order valence-corrected chi connectivity index (χ3v) is 6.10. The van der Waals surface area contributed by atoms with Crippen molar-refractivity contribution in [2.75, 3.05) is 31.6 Å². The van der Waals surface area contributed by atoms with E-state index in [9.17, 15) is 19.1 Å². The van der Waals surface area contributed by atoms with Crippen LogP contribution in [0, 0.1) is 5.82 Å². The molecule has 1 aliphatic heterocycles. The van der Waals surface area contributed by atoms with Crippen LogP contribution in [0.2, 0.25) is 5.15 Å². The molecule has 3 aromatic rings. The molecule has 1 aliphatic rings. The van der Waals surface area contributed by atoms with Crippen LogP contribution in [-0.2, 0) is 0 Å². The highest BCUT2D eigenvalue weighted by Crippen LogP contribution is 2.34. The first-order valence-corrected chi connectivity index (χ1v) is 11.1. The van der Waals surface area contributed by atoms with E-state index in [-0.39, 0.29) is 48.4 Å². The van der Waals surface area contributed by atoms with Crippen LogP contribution in [0.5, 0.6) is 5.75 Å². The van der Waals surface area contributed by atoms with E-state index in [2.05, 4.69) is 15.0 Å². The van der Waals surface area contributed by atoms with Crippen LogP contribution in [0.3, 0.4) is 0 Å². The van der Waals surface area contributed by atoms with Gasteiger partial charge < -0.3 is 19.6 Å². The van der Waals surface area contributed by atoms with Crippen LogP contribution in [0.4, 0.5) is 15.0 Å². The third-order valence-electron chi connectivity index (χ3n) is 5.83. The van der Waals surface area contributed by atoms with Crippen LogP contribution >= 0.6 is 11.6 Å². The Labute approximate surface area is 199 Å². The second-order valence-electron chi connectivity index (χ2n) is 8.36. The quantitative estimate of drug-likeness (QED) is 0.554. The molecule has 1 fully saturated rings.